The molecule has 2 aliphatic heterocycles. The van der Waals surface area contributed by atoms with Gasteiger partial charge in [-0.05, 0) is 36.9 Å². The van der Waals surface area contributed by atoms with E-state index in [-0.39, 0.29) is 36.9 Å². The topological polar surface area (TPSA) is 117 Å². The fourth-order valence-electron chi connectivity index (χ4n) is 4.32. The summed E-state index contributed by atoms with van der Waals surface area (Å²) < 4.78 is 5.67. The van der Waals surface area contributed by atoms with E-state index in [0.717, 1.165) is 44.3 Å². The molecule has 3 heterocycles. The fraction of sp³-hybridized carbons (Fsp3) is 0.522. The standard InChI is InChI=1S/C23H32N6O3/c1-2-3-10-32-23-26-21(24)20-22(27-23)29(14-19(31)25-20)13-17-7-4-6-16(11-17)12-28-9-5-8-18(28)15-30/h4,6-7,11,18,30H,2-3,5,8-10,12-15H2,1H3,(H,25,31)(H2,24,26,27)/t18-/m1/s1. The van der Waals surface area contributed by atoms with E-state index in [0.29, 0.717) is 24.7 Å². The van der Waals surface area contributed by atoms with Gasteiger partial charge in [0, 0.05) is 19.1 Å². The summed E-state index contributed by atoms with van der Waals surface area (Å²) in [5.74, 6) is 0.637. The molecule has 1 amide bonds. The van der Waals surface area contributed by atoms with Gasteiger partial charge in [0.2, 0.25) is 5.91 Å². The molecule has 2 aliphatic rings. The number of rotatable bonds is 9. The second kappa shape index (κ2) is 10.1. The van der Waals surface area contributed by atoms with Crippen molar-refractivity contribution in [2.24, 2.45) is 0 Å². The van der Waals surface area contributed by atoms with E-state index in [4.69, 9.17) is 10.5 Å². The Bertz CT molecular complexity index is 953. The summed E-state index contributed by atoms with van der Waals surface area (Å²) in [5.41, 5.74) is 8.81. The van der Waals surface area contributed by atoms with Crippen molar-refractivity contribution in [1.82, 2.24) is 14.9 Å². The fourth-order valence-corrected chi connectivity index (χ4v) is 4.32. The first kappa shape index (κ1) is 22.3. The average Bonchev–Trinajstić information content (AvgIpc) is 3.22. The average molecular weight is 441 g/mol. The van der Waals surface area contributed by atoms with E-state index in [9.17, 15) is 9.90 Å². The van der Waals surface area contributed by atoms with Crippen molar-refractivity contribution in [2.75, 3.05) is 42.3 Å². The molecule has 4 rings (SSSR count). The van der Waals surface area contributed by atoms with Gasteiger partial charge in [0.15, 0.2) is 11.6 Å². The van der Waals surface area contributed by atoms with Crippen LogP contribution in [0.2, 0.25) is 0 Å². The largest absolute Gasteiger partial charge is 0.463 e. The molecule has 0 unspecified atom stereocenters. The van der Waals surface area contributed by atoms with Crippen molar-refractivity contribution < 1.29 is 14.6 Å². The van der Waals surface area contributed by atoms with Crippen LogP contribution < -0.4 is 20.7 Å². The number of unbranched alkanes of at least 4 members (excludes halogenated alkanes) is 1. The number of nitrogens with two attached hydrogens (primary N) is 1. The lowest BCUT2D eigenvalue weighted by molar-refractivity contribution is -0.115. The third-order valence-electron chi connectivity index (χ3n) is 5.99. The SMILES string of the molecule is CCCCOc1nc(N)c2c(n1)N(Cc1cccc(CN3CCC[C@@H]3CO)c1)CC(=O)N2. The van der Waals surface area contributed by atoms with Gasteiger partial charge in [0.25, 0.3) is 0 Å². The maximum Gasteiger partial charge on any atom is 0.320 e. The summed E-state index contributed by atoms with van der Waals surface area (Å²) in [7, 11) is 0. The second-order valence-electron chi connectivity index (χ2n) is 8.47. The molecule has 0 aliphatic carbocycles. The minimum Gasteiger partial charge on any atom is -0.463 e. The van der Waals surface area contributed by atoms with E-state index in [1.54, 1.807) is 0 Å². The molecule has 1 aromatic heterocycles. The monoisotopic (exact) mass is 440 g/mol. The lowest BCUT2D eigenvalue weighted by Crippen LogP contribution is -2.39. The van der Waals surface area contributed by atoms with Gasteiger partial charge in [0.05, 0.1) is 19.8 Å². The number of likely N-dealkylation sites (tertiary alicyclic amines) is 1. The van der Waals surface area contributed by atoms with E-state index >= 15 is 0 Å². The van der Waals surface area contributed by atoms with Crippen molar-refractivity contribution in [3.63, 3.8) is 0 Å². The summed E-state index contributed by atoms with van der Waals surface area (Å²) in [4.78, 5) is 25.3. The Morgan fingerprint density at radius 3 is 2.88 bits per heavy atom. The number of carbonyl (C=O) groups excluding carboxylic acids is 1. The van der Waals surface area contributed by atoms with Crippen LogP contribution in [0.5, 0.6) is 6.01 Å². The lowest BCUT2D eigenvalue weighted by atomic mass is 10.1. The molecule has 0 bridgehead atoms. The highest BCUT2D eigenvalue weighted by Crippen LogP contribution is 2.34. The number of fused-ring (bicyclic) bond motifs is 1. The Morgan fingerprint density at radius 2 is 2.09 bits per heavy atom. The number of aliphatic hydroxyl groups is 1. The van der Waals surface area contributed by atoms with Crippen molar-refractivity contribution in [1.29, 1.82) is 0 Å². The Kier molecular flexibility index (Phi) is 7.06. The predicted octanol–water partition coefficient (Wildman–Crippen LogP) is 2.15. The number of benzene rings is 1. The van der Waals surface area contributed by atoms with Crippen LogP contribution in [-0.2, 0) is 17.9 Å². The third-order valence-corrected chi connectivity index (χ3v) is 5.99. The van der Waals surface area contributed by atoms with Crippen LogP contribution in [0.3, 0.4) is 0 Å². The smallest absolute Gasteiger partial charge is 0.320 e. The summed E-state index contributed by atoms with van der Waals surface area (Å²) in [6, 6.07) is 8.81. The summed E-state index contributed by atoms with van der Waals surface area (Å²) >= 11 is 0. The summed E-state index contributed by atoms with van der Waals surface area (Å²) in [6.07, 6.45) is 4.07. The number of nitrogen functional groups attached to an aromatic ring is 1. The number of aliphatic hydroxyl groups excluding tert-OH is 1. The molecule has 1 fully saturated rings. The van der Waals surface area contributed by atoms with Crippen LogP contribution in [0.15, 0.2) is 24.3 Å². The molecular formula is C23H32N6O3. The van der Waals surface area contributed by atoms with Gasteiger partial charge < -0.3 is 25.8 Å². The first-order valence-corrected chi connectivity index (χ1v) is 11.3. The number of amides is 1. The lowest BCUT2D eigenvalue weighted by Gasteiger charge is -2.30. The number of anilines is 3. The second-order valence-corrected chi connectivity index (χ2v) is 8.47. The molecule has 32 heavy (non-hydrogen) atoms. The Morgan fingerprint density at radius 1 is 1.28 bits per heavy atom. The zero-order chi connectivity index (χ0) is 22.5. The molecule has 0 saturated carbocycles. The molecule has 1 aromatic carbocycles. The quantitative estimate of drug-likeness (QED) is 0.508. The molecule has 9 nitrogen and oxygen atoms in total. The molecule has 2 aromatic rings. The number of carbonyl (C=O) groups is 1. The van der Waals surface area contributed by atoms with Crippen LogP contribution in [-0.4, -0.2) is 58.2 Å². The van der Waals surface area contributed by atoms with Crippen LogP contribution in [0, 0.1) is 0 Å². The highest BCUT2D eigenvalue weighted by atomic mass is 16.5. The predicted molar refractivity (Wildman–Crippen MR) is 123 cm³/mol. The molecular weight excluding hydrogens is 408 g/mol. The number of hydrogen-bond acceptors (Lipinski definition) is 8. The number of ether oxygens (including phenoxy) is 1. The minimum absolute atomic E-state index is 0.147. The van der Waals surface area contributed by atoms with Gasteiger partial charge in [-0.25, -0.2) is 0 Å². The highest BCUT2D eigenvalue weighted by molar-refractivity contribution is 6.03. The van der Waals surface area contributed by atoms with Crippen molar-refractivity contribution in [3.05, 3.63) is 35.4 Å². The highest BCUT2D eigenvalue weighted by Gasteiger charge is 2.28. The van der Waals surface area contributed by atoms with Crippen molar-refractivity contribution in [3.8, 4) is 6.01 Å². The zero-order valence-electron chi connectivity index (χ0n) is 18.6. The first-order chi connectivity index (χ1) is 15.6. The third kappa shape index (κ3) is 5.11. The van der Waals surface area contributed by atoms with E-state index < -0.39 is 0 Å². The number of aromatic nitrogens is 2. The molecule has 4 N–H and O–H groups in total. The van der Waals surface area contributed by atoms with Gasteiger partial charge in [-0.15, -0.1) is 0 Å². The normalized spacial score (nSPS) is 18.5. The molecule has 0 spiro atoms. The Labute approximate surface area is 188 Å². The number of nitrogens with one attached hydrogen (secondary N) is 1. The van der Waals surface area contributed by atoms with Gasteiger partial charge in [0.1, 0.15) is 5.69 Å². The molecule has 1 atom stereocenters. The maximum absolute atomic E-state index is 12.3. The van der Waals surface area contributed by atoms with Crippen LogP contribution >= 0.6 is 0 Å². The summed E-state index contributed by atoms with van der Waals surface area (Å²) in [6.45, 7) is 5.32. The van der Waals surface area contributed by atoms with Gasteiger partial charge >= 0.3 is 6.01 Å². The number of nitrogens with zero attached hydrogens (tertiary/aromatic N) is 4. The van der Waals surface area contributed by atoms with Crippen molar-refractivity contribution >= 4 is 23.2 Å². The van der Waals surface area contributed by atoms with Crippen molar-refractivity contribution in [2.45, 2.75) is 51.7 Å². The van der Waals surface area contributed by atoms with Gasteiger partial charge in [-0.2, -0.15) is 9.97 Å². The molecule has 172 valence electrons. The van der Waals surface area contributed by atoms with Gasteiger partial charge in [-0.3, -0.25) is 9.69 Å². The minimum atomic E-state index is -0.147. The van der Waals surface area contributed by atoms with Crippen LogP contribution in [0.25, 0.3) is 0 Å². The zero-order valence-corrected chi connectivity index (χ0v) is 18.6. The molecule has 9 heteroatoms. The van der Waals surface area contributed by atoms with Crippen LogP contribution in [0.1, 0.15) is 43.7 Å². The number of hydrogen-bond donors (Lipinski definition) is 3. The van der Waals surface area contributed by atoms with E-state index in [2.05, 4.69) is 39.2 Å². The molecule has 0 radical (unpaired) electrons. The molecule has 1 saturated heterocycles. The van der Waals surface area contributed by atoms with E-state index in [1.807, 2.05) is 17.0 Å². The van der Waals surface area contributed by atoms with E-state index in [1.165, 1.54) is 5.56 Å². The van der Waals surface area contributed by atoms with Crippen LogP contribution in [0.4, 0.5) is 17.3 Å². The maximum atomic E-state index is 12.3. The van der Waals surface area contributed by atoms with Gasteiger partial charge in [-0.1, -0.05) is 37.6 Å². The summed E-state index contributed by atoms with van der Waals surface area (Å²) in [5, 5.41) is 12.4. The Hall–Kier alpha value is -2.91. The first-order valence-electron chi connectivity index (χ1n) is 11.3. The Balaban J connectivity index is 1.53.